The van der Waals surface area contributed by atoms with Crippen LogP contribution in [0.15, 0.2) is 34.2 Å². The highest BCUT2D eigenvalue weighted by atomic mass is 127. The molecule has 0 aliphatic rings. The first kappa shape index (κ1) is 24.1. The number of nitrogens with zero attached hydrogens (tertiary/aromatic N) is 1. The van der Waals surface area contributed by atoms with Crippen molar-refractivity contribution in [1.29, 1.82) is 0 Å². The van der Waals surface area contributed by atoms with Gasteiger partial charge in [0.05, 0.1) is 5.75 Å². The normalized spacial score (nSPS) is 12.0. The topological polar surface area (TPSA) is 70.6 Å². The molecule has 1 aromatic carbocycles. The maximum atomic E-state index is 13.6. The molecule has 0 aliphatic carbocycles. The number of guanidine groups is 1. The van der Waals surface area contributed by atoms with E-state index in [-0.39, 0.29) is 41.2 Å². The van der Waals surface area contributed by atoms with Crippen molar-refractivity contribution >= 4 is 39.8 Å². The molecule has 0 saturated carbocycles. The smallest absolute Gasteiger partial charge is 0.191 e. The Morgan fingerprint density at radius 3 is 2.52 bits per heavy atom. The summed E-state index contributed by atoms with van der Waals surface area (Å²) < 4.78 is 38.0. The Balaban J connectivity index is 0.00000576. The van der Waals surface area contributed by atoms with Crippen LogP contribution in [0.2, 0.25) is 0 Å². The van der Waals surface area contributed by atoms with Crippen LogP contribution in [0.1, 0.15) is 33.6 Å². The van der Waals surface area contributed by atoms with Gasteiger partial charge in [-0.25, -0.2) is 12.8 Å². The van der Waals surface area contributed by atoms with Crippen molar-refractivity contribution < 1.29 is 12.8 Å². The van der Waals surface area contributed by atoms with E-state index in [0.29, 0.717) is 25.0 Å². The predicted molar refractivity (Wildman–Crippen MR) is 112 cm³/mol. The van der Waals surface area contributed by atoms with Gasteiger partial charge in [-0.3, -0.25) is 4.99 Å². The van der Waals surface area contributed by atoms with E-state index in [9.17, 15) is 12.8 Å². The van der Waals surface area contributed by atoms with E-state index >= 15 is 0 Å². The Hall–Kier alpha value is -0.900. The Labute approximate surface area is 167 Å². The number of rotatable bonds is 9. The summed E-state index contributed by atoms with van der Waals surface area (Å²) in [5, 5.41) is 6.07. The van der Waals surface area contributed by atoms with E-state index < -0.39 is 15.7 Å². The van der Waals surface area contributed by atoms with E-state index in [1.807, 2.05) is 6.92 Å². The lowest BCUT2D eigenvalue weighted by Gasteiger charge is -2.12. The van der Waals surface area contributed by atoms with Gasteiger partial charge in [-0.2, -0.15) is 0 Å². The standard InChI is InChI=1S/C17H28FN3O2S.HI/c1-4-19-17(20-11-7-8-14(2)3)21-12-13-24(22,23)16-10-6-5-9-15(16)18;/h5-6,9-10,14H,4,7-8,11-13H2,1-3H3,(H2,19,20,21);1H. The van der Waals surface area contributed by atoms with Gasteiger partial charge in [0.2, 0.25) is 0 Å². The number of hydrogen-bond acceptors (Lipinski definition) is 3. The number of sulfone groups is 1. The quantitative estimate of drug-likeness (QED) is 0.244. The van der Waals surface area contributed by atoms with Crippen molar-refractivity contribution in [2.24, 2.45) is 10.9 Å². The van der Waals surface area contributed by atoms with Crippen LogP contribution in [-0.2, 0) is 9.84 Å². The highest BCUT2D eigenvalue weighted by Gasteiger charge is 2.18. The molecule has 1 aromatic rings. The molecule has 0 unspecified atom stereocenters. The Morgan fingerprint density at radius 2 is 1.92 bits per heavy atom. The second-order valence-electron chi connectivity index (χ2n) is 5.97. The molecule has 0 heterocycles. The van der Waals surface area contributed by atoms with Crippen LogP contribution >= 0.6 is 24.0 Å². The number of hydrogen-bond donors (Lipinski definition) is 2. The summed E-state index contributed by atoms with van der Waals surface area (Å²) in [6, 6.07) is 5.43. The molecular formula is C17H29FIN3O2S. The predicted octanol–water partition coefficient (Wildman–Crippen LogP) is 3.21. The number of halogens is 2. The molecule has 0 spiro atoms. The minimum absolute atomic E-state index is 0. The monoisotopic (exact) mass is 485 g/mol. The summed E-state index contributed by atoms with van der Waals surface area (Å²) in [5.41, 5.74) is 0. The lowest BCUT2D eigenvalue weighted by molar-refractivity contribution is 0.560. The Morgan fingerprint density at radius 1 is 1.24 bits per heavy atom. The van der Waals surface area contributed by atoms with E-state index in [2.05, 4.69) is 29.5 Å². The minimum atomic E-state index is -3.66. The Kier molecular flexibility index (Phi) is 12.0. The molecule has 0 aliphatic heterocycles. The van der Waals surface area contributed by atoms with Crippen molar-refractivity contribution in [2.75, 3.05) is 25.4 Å². The number of benzene rings is 1. The van der Waals surface area contributed by atoms with Crippen LogP contribution in [0.4, 0.5) is 4.39 Å². The van der Waals surface area contributed by atoms with Gasteiger partial charge in [0.1, 0.15) is 10.7 Å². The average Bonchev–Trinajstić information content (AvgIpc) is 2.51. The lowest BCUT2D eigenvalue weighted by Crippen LogP contribution is -2.39. The first-order chi connectivity index (χ1) is 11.4. The van der Waals surface area contributed by atoms with Gasteiger partial charge >= 0.3 is 0 Å². The number of aliphatic imine (C=N–C) groups is 1. The van der Waals surface area contributed by atoms with E-state index in [0.717, 1.165) is 18.9 Å². The summed E-state index contributed by atoms with van der Waals surface area (Å²) in [6.07, 6.45) is 2.09. The fraction of sp³-hybridized carbons (Fsp3) is 0.588. The van der Waals surface area contributed by atoms with Gasteiger partial charge in [0.25, 0.3) is 0 Å². The summed E-state index contributed by atoms with van der Waals surface area (Å²) in [7, 11) is -3.66. The second-order valence-corrected chi connectivity index (χ2v) is 8.05. The summed E-state index contributed by atoms with van der Waals surface area (Å²) in [5.74, 6) is 0.322. The molecular weight excluding hydrogens is 456 g/mol. The molecule has 0 saturated heterocycles. The van der Waals surface area contributed by atoms with E-state index in [1.54, 1.807) is 0 Å². The van der Waals surface area contributed by atoms with Crippen LogP contribution in [0.5, 0.6) is 0 Å². The van der Waals surface area contributed by atoms with Crippen LogP contribution < -0.4 is 10.6 Å². The second kappa shape index (κ2) is 12.5. The summed E-state index contributed by atoms with van der Waals surface area (Å²) in [6.45, 7) is 7.83. The van der Waals surface area contributed by atoms with Gasteiger partial charge in [-0.15, -0.1) is 24.0 Å². The zero-order valence-corrected chi connectivity index (χ0v) is 18.2. The molecule has 5 nitrogen and oxygen atoms in total. The molecule has 0 radical (unpaired) electrons. The molecule has 0 bridgehead atoms. The van der Waals surface area contributed by atoms with Crippen LogP contribution in [0.3, 0.4) is 0 Å². The molecule has 1 rings (SSSR count). The molecule has 0 amide bonds. The third-order valence-corrected chi connectivity index (χ3v) is 5.13. The van der Waals surface area contributed by atoms with Gasteiger partial charge in [-0.05, 0) is 37.8 Å². The lowest BCUT2D eigenvalue weighted by atomic mass is 10.1. The van der Waals surface area contributed by atoms with Crippen LogP contribution in [-0.4, -0.2) is 39.8 Å². The van der Waals surface area contributed by atoms with Crippen molar-refractivity contribution in [3.63, 3.8) is 0 Å². The minimum Gasteiger partial charge on any atom is -0.357 e. The molecule has 2 N–H and O–H groups in total. The fourth-order valence-corrected chi connectivity index (χ4v) is 3.38. The molecule has 0 atom stereocenters. The van der Waals surface area contributed by atoms with Crippen molar-refractivity contribution in [3.05, 3.63) is 30.1 Å². The molecule has 8 heteroatoms. The zero-order valence-electron chi connectivity index (χ0n) is 15.1. The number of nitrogens with one attached hydrogen (secondary N) is 2. The van der Waals surface area contributed by atoms with E-state index in [4.69, 9.17) is 0 Å². The molecule has 0 fully saturated rings. The molecule has 25 heavy (non-hydrogen) atoms. The Bertz CT molecular complexity index is 637. The van der Waals surface area contributed by atoms with Gasteiger partial charge in [0.15, 0.2) is 15.8 Å². The van der Waals surface area contributed by atoms with Crippen molar-refractivity contribution in [2.45, 2.75) is 38.5 Å². The third kappa shape index (κ3) is 9.39. The van der Waals surface area contributed by atoms with Gasteiger partial charge in [-0.1, -0.05) is 26.0 Å². The van der Waals surface area contributed by atoms with Gasteiger partial charge in [0, 0.05) is 19.6 Å². The highest BCUT2D eigenvalue weighted by Crippen LogP contribution is 2.14. The molecule has 0 aromatic heterocycles. The maximum Gasteiger partial charge on any atom is 0.191 e. The van der Waals surface area contributed by atoms with Crippen molar-refractivity contribution in [1.82, 2.24) is 10.6 Å². The summed E-state index contributed by atoms with van der Waals surface area (Å²) in [4.78, 5) is 4.16. The van der Waals surface area contributed by atoms with Crippen LogP contribution in [0.25, 0.3) is 0 Å². The highest BCUT2D eigenvalue weighted by molar-refractivity contribution is 14.0. The first-order valence-corrected chi connectivity index (χ1v) is 10.0. The largest absolute Gasteiger partial charge is 0.357 e. The zero-order chi connectivity index (χ0) is 18.0. The third-order valence-electron chi connectivity index (χ3n) is 3.39. The maximum absolute atomic E-state index is 13.6. The summed E-state index contributed by atoms with van der Waals surface area (Å²) >= 11 is 0. The van der Waals surface area contributed by atoms with Gasteiger partial charge < -0.3 is 10.6 Å². The fourth-order valence-electron chi connectivity index (χ4n) is 2.14. The average molecular weight is 485 g/mol. The van der Waals surface area contributed by atoms with Crippen molar-refractivity contribution in [3.8, 4) is 0 Å². The van der Waals surface area contributed by atoms with E-state index in [1.165, 1.54) is 18.2 Å². The van der Waals surface area contributed by atoms with Crippen LogP contribution in [0, 0.1) is 11.7 Å². The first-order valence-electron chi connectivity index (χ1n) is 8.36. The SMILES string of the molecule is CCNC(=NCCCC(C)C)NCCS(=O)(=O)c1ccccc1F.I. The molecule has 144 valence electrons.